The molecule has 1 aliphatic rings. The molecular weight excluding hydrogens is 899 g/mol. The summed E-state index contributed by atoms with van der Waals surface area (Å²) in [5, 5.41) is 8.34. The van der Waals surface area contributed by atoms with Crippen LogP contribution in [-0.4, -0.2) is 24.3 Å². The Morgan fingerprint density at radius 3 is 1.66 bits per heavy atom. The fraction of sp³-hybridized carbons (Fsp3) is 0.0312. The van der Waals surface area contributed by atoms with Gasteiger partial charge in [-0.1, -0.05) is 152 Å². The molecule has 0 saturated carbocycles. The summed E-state index contributed by atoms with van der Waals surface area (Å²) in [7, 11) is 0. The van der Waals surface area contributed by atoms with E-state index in [1.807, 2.05) is 60.3 Å². The third kappa shape index (κ3) is 6.42. The molecule has 5 aromatic heterocycles. The Labute approximate surface area is 419 Å². The number of aryl methyl sites for hydroxylation is 1. The van der Waals surface area contributed by atoms with Crippen LogP contribution < -0.4 is 15.4 Å². The number of fused-ring (bicyclic) bond motifs is 8. The zero-order valence-corrected chi connectivity index (χ0v) is 39.5. The quantitative estimate of drug-likeness (QED) is 0.150. The Morgan fingerprint density at radius 2 is 1.04 bits per heavy atom. The molecule has 0 N–H and O–H groups in total. The minimum atomic E-state index is -0.914. The highest BCUT2D eigenvalue weighted by atomic mass is 16.4. The maximum absolute atomic E-state index is 13.8. The molecule has 0 aliphatic carbocycles. The average molecular weight is 942 g/mol. The molecule has 8 aromatic carbocycles. The first-order valence-electron chi connectivity index (χ1n) is 24.4. The summed E-state index contributed by atoms with van der Waals surface area (Å²) in [6.07, 6.45) is 3.81. The van der Waals surface area contributed by atoms with E-state index in [1.54, 1.807) is 6.20 Å². The highest BCUT2D eigenvalue weighted by molar-refractivity contribution is 6.09. The van der Waals surface area contributed by atoms with Crippen molar-refractivity contribution in [3.8, 4) is 11.4 Å². The Kier molecular flexibility index (Phi) is 9.59. The molecule has 6 heterocycles. The molecule has 0 radical (unpaired) electrons. The van der Waals surface area contributed by atoms with Crippen molar-refractivity contribution in [3.63, 3.8) is 0 Å². The molecule has 1 aliphatic heterocycles. The van der Waals surface area contributed by atoms with Gasteiger partial charge in [0.2, 0.25) is 5.71 Å². The van der Waals surface area contributed by atoms with Crippen LogP contribution in [0, 0.1) is 6.92 Å². The van der Waals surface area contributed by atoms with Crippen LogP contribution in [0.1, 0.15) is 27.9 Å². The summed E-state index contributed by atoms with van der Waals surface area (Å²) in [5.41, 5.74) is 12.8. The third-order valence-electron chi connectivity index (χ3n) is 14.5. The van der Waals surface area contributed by atoms with Crippen LogP contribution in [0.3, 0.4) is 0 Å². The molecule has 0 atom stereocenters. The number of hydrogen-bond donors (Lipinski definition) is 0. The fourth-order valence-corrected chi connectivity index (χ4v) is 11.4. The van der Waals surface area contributed by atoms with E-state index in [-0.39, 0.29) is 5.71 Å². The van der Waals surface area contributed by atoms with E-state index in [0.29, 0.717) is 22.0 Å². The number of aromatic nitrogens is 5. The molecular formula is C64H43N7O2. The molecule has 0 amide bonds. The van der Waals surface area contributed by atoms with Gasteiger partial charge in [0.1, 0.15) is 11.2 Å². The van der Waals surface area contributed by atoms with Gasteiger partial charge in [-0.3, -0.25) is 4.90 Å². The molecule has 9 heteroatoms. The second-order valence-corrected chi connectivity index (χ2v) is 18.4. The van der Waals surface area contributed by atoms with Gasteiger partial charge in [0, 0.05) is 33.4 Å². The minimum Gasteiger partial charge on any atom is -0.403 e. The van der Waals surface area contributed by atoms with Gasteiger partial charge < -0.3 is 13.9 Å². The summed E-state index contributed by atoms with van der Waals surface area (Å²) in [6.45, 7) is 1.85. The van der Waals surface area contributed by atoms with Gasteiger partial charge in [0.15, 0.2) is 0 Å². The van der Waals surface area contributed by atoms with Crippen molar-refractivity contribution in [2.45, 2.75) is 12.3 Å². The van der Waals surface area contributed by atoms with Gasteiger partial charge in [0.05, 0.1) is 68.2 Å². The first-order valence-corrected chi connectivity index (χ1v) is 24.4. The number of pyridine rings is 2. The SMILES string of the molecule is Cc1nn(-c2ccccc2)c2c1c(=O)oc1ncc(N3c4ccc(-n5c6ccccc6c6ccccc65)cc4C(c4ccccc4)(c4ccccc4)c4cc(N(c5ccccc5)c5ccccc5)ncc43)cc12. The minimum absolute atomic E-state index is 0.218. The Hall–Kier alpha value is -9.86. The lowest BCUT2D eigenvalue weighted by Gasteiger charge is -2.46. The number of hydrogen-bond acceptors (Lipinski definition) is 7. The lowest BCUT2D eigenvalue weighted by molar-refractivity contribution is 0.557. The summed E-state index contributed by atoms with van der Waals surface area (Å²) in [5.74, 6) is 0.747. The average Bonchev–Trinajstić information content (AvgIpc) is 3.99. The van der Waals surface area contributed by atoms with E-state index in [1.165, 1.54) is 10.8 Å². The number of nitrogens with zero attached hydrogens (tertiary/aromatic N) is 7. The lowest BCUT2D eigenvalue weighted by Crippen LogP contribution is -2.38. The van der Waals surface area contributed by atoms with Crippen molar-refractivity contribution in [1.29, 1.82) is 0 Å². The van der Waals surface area contributed by atoms with Gasteiger partial charge in [-0.15, -0.1) is 0 Å². The first-order chi connectivity index (χ1) is 36.1. The van der Waals surface area contributed by atoms with Crippen LogP contribution in [0.4, 0.5) is 34.3 Å². The van der Waals surface area contributed by atoms with E-state index in [4.69, 9.17) is 19.5 Å². The molecule has 346 valence electrons. The second-order valence-electron chi connectivity index (χ2n) is 18.4. The molecule has 0 spiro atoms. The van der Waals surface area contributed by atoms with Crippen molar-refractivity contribution in [3.05, 3.63) is 281 Å². The predicted molar refractivity (Wildman–Crippen MR) is 293 cm³/mol. The Morgan fingerprint density at radius 1 is 0.493 bits per heavy atom. The van der Waals surface area contributed by atoms with Crippen molar-refractivity contribution < 1.29 is 4.42 Å². The van der Waals surface area contributed by atoms with Gasteiger partial charge in [-0.25, -0.2) is 19.4 Å². The second kappa shape index (κ2) is 16.6. The molecule has 0 unspecified atom stereocenters. The normalized spacial score (nSPS) is 12.9. The Balaban J connectivity index is 1.13. The number of anilines is 6. The maximum Gasteiger partial charge on any atom is 0.349 e. The predicted octanol–water partition coefficient (Wildman–Crippen LogP) is 15.0. The van der Waals surface area contributed by atoms with Crippen molar-refractivity contribution in [1.82, 2.24) is 24.3 Å². The summed E-state index contributed by atoms with van der Waals surface area (Å²) < 4.78 is 10.2. The van der Waals surface area contributed by atoms with E-state index < -0.39 is 11.0 Å². The molecule has 73 heavy (non-hydrogen) atoms. The molecule has 13 aromatic rings. The van der Waals surface area contributed by atoms with E-state index in [0.717, 1.165) is 78.9 Å². The lowest BCUT2D eigenvalue weighted by atomic mass is 9.62. The zero-order chi connectivity index (χ0) is 48.6. The topological polar surface area (TPSA) is 85.2 Å². The smallest absolute Gasteiger partial charge is 0.349 e. The highest BCUT2D eigenvalue weighted by Gasteiger charge is 2.48. The van der Waals surface area contributed by atoms with Gasteiger partial charge >= 0.3 is 5.63 Å². The molecule has 9 nitrogen and oxygen atoms in total. The molecule has 0 bridgehead atoms. The maximum atomic E-state index is 13.8. The van der Waals surface area contributed by atoms with E-state index in [9.17, 15) is 4.79 Å². The van der Waals surface area contributed by atoms with Crippen molar-refractivity contribution in [2.75, 3.05) is 9.80 Å². The molecule has 0 fully saturated rings. The monoisotopic (exact) mass is 941 g/mol. The third-order valence-corrected chi connectivity index (χ3v) is 14.5. The van der Waals surface area contributed by atoms with Crippen LogP contribution in [0.25, 0.3) is 55.2 Å². The van der Waals surface area contributed by atoms with E-state index in [2.05, 4.69) is 202 Å². The van der Waals surface area contributed by atoms with Gasteiger partial charge in [-0.2, -0.15) is 5.10 Å². The van der Waals surface area contributed by atoms with Crippen LogP contribution in [0.15, 0.2) is 252 Å². The van der Waals surface area contributed by atoms with E-state index >= 15 is 0 Å². The zero-order valence-electron chi connectivity index (χ0n) is 39.5. The molecule has 0 saturated heterocycles. The van der Waals surface area contributed by atoms with Crippen LogP contribution in [0.5, 0.6) is 0 Å². The van der Waals surface area contributed by atoms with Gasteiger partial charge in [-0.05, 0) is 102 Å². The standard InChI is InChI=1S/C64H43N7O2/c1-42-60-61(71(67-42)47-29-15-6-16-30-47)52-37-49(40-66-62(52)73-63(60)72)70-57-36-35-48(69-55-33-19-17-31-50(55)51-32-18-20-34-56(51)69)38-53(57)64(43-21-7-2-8-22-43,44-23-9-3-10-24-44)54-39-59(65-41-58(54)70)68(45-25-11-4-12-26-45)46-27-13-5-14-28-46/h2-41H,1H3. The van der Waals surface area contributed by atoms with Gasteiger partial charge in [0.25, 0.3) is 0 Å². The fourth-order valence-electron chi connectivity index (χ4n) is 11.4. The van der Waals surface area contributed by atoms with Crippen LogP contribution >= 0.6 is 0 Å². The number of benzene rings is 8. The van der Waals surface area contributed by atoms with Crippen LogP contribution in [0.2, 0.25) is 0 Å². The Bertz CT molecular complexity index is 4170. The summed E-state index contributed by atoms with van der Waals surface area (Å²) >= 11 is 0. The number of rotatable bonds is 8. The first kappa shape index (κ1) is 42.1. The summed E-state index contributed by atoms with van der Waals surface area (Å²) in [6, 6.07) is 80.9. The number of para-hydroxylation sites is 5. The van der Waals surface area contributed by atoms with Crippen molar-refractivity contribution in [2.24, 2.45) is 0 Å². The van der Waals surface area contributed by atoms with Crippen LogP contribution in [-0.2, 0) is 5.41 Å². The largest absolute Gasteiger partial charge is 0.403 e. The highest BCUT2D eigenvalue weighted by Crippen LogP contribution is 2.59. The summed E-state index contributed by atoms with van der Waals surface area (Å²) in [4.78, 5) is 28.7. The molecule has 14 rings (SSSR count). The van der Waals surface area contributed by atoms with Crippen molar-refractivity contribution >= 4 is 78.1 Å².